The molecule has 0 radical (unpaired) electrons. The molecule has 2 aromatic carbocycles. The molecule has 0 saturated carbocycles. The number of pyridine rings is 1. The largest absolute Gasteiger partial charge is 0.397 e. The average Bonchev–Trinajstić information content (AvgIpc) is 2.45. The van der Waals surface area contributed by atoms with E-state index < -0.39 is 0 Å². The van der Waals surface area contributed by atoms with Gasteiger partial charge in [0.2, 0.25) is 0 Å². The van der Waals surface area contributed by atoms with Crippen molar-refractivity contribution >= 4 is 55.4 Å². The van der Waals surface area contributed by atoms with Crippen LogP contribution < -0.4 is 11.1 Å². The van der Waals surface area contributed by atoms with Gasteiger partial charge in [-0.1, -0.05) is 33.6 Å². The summed E-state index contributed by atoms with van der Waals surface area (Å²) in [4.78, 5) is 4.09. The van der Waals surface area contributed by atoms with Crippen molar-refractivity contribution in [3.8, 4) is 0 Å². The van der Waals surface area contributed by atoms with E-state index in [4.69, 9.17) is 17.3 Å². The molecular weight excluding hydrogens is 338 g/mol. The Hall–Kier alpha value is -1.78. The molecule has 0 aliphatic rings. The normalized spacial score (nSPS) is 10.7. The van der Waals surface area contributed by atoms with Gasteiger partial charge in [0, 0.05) is 27.6 Å². The molecule has 3 rings (SSSR count). The van der Waals surface area contributed by atoms with E-state index in [1.807, 2.05) is 36.4 Å². The molecule has 0 spiro atoms. The molecule has 3 aromatic rings. The summed E-state index contributed by atoms with van der Waals surface area (Å²) in [6.45, 7) is 0. The fourth-order valence-electron chi connectivity index (χ4n) is 2.04. The number of nitrogens with one attached hydrogen (secondary N) is 1. The van der Waals surface area contributed by atoms with Crippen LogP contribution in [0.15, 0.2) is 53.3 Å². The number of benzene rings is 2. The third-order valence-corrected chi connectivity index (χ3v) is 3.87. The Morgan fingerprint density at radius 3 is 2.70 bits per heavy atom. The standard InChI is InChI=1S/C15H11BrClN3/c16-10-2-4-13(12(17)7-10)20-14-3-1-9-8-19-6-5-11(9)15(14)18/h1-8,20H,18H2. The first-order chi connectivity index (χ1) is 9.65. The van der Waals surface area contributed by atoms with E-state index in [2.05, 4.69) is 26.2 Å². The lowest BCUT2D eigenvalue weighted by Crippen LogP contribution is -1.98. The smallest absolute Gasteiger partial charge is 0.0652 e. The van der Waals surface area contributed by atoms with Crippen LogP contribution in [-0.4, -0.2) is 4.98 Å². The van der Waals surface area contributed by atoms with E-state index >= 15 is 0 Å². The Bertz CT molecular complexity index is 789. The van der Waals surface area contributed by atoms with Crippen molar-refractivity contribution in [3.05, 3.63) is 58.3 Å². The van der Waals surface area contributed by atoms with E-state index in [0.717, 1.165) is 26.6 Å². The van der Waals surface area contributed by atoms with Crippen molar-refractivity contribution in [2.45, 2.75) is 0 Å². The van der Waals surface area contributed by atoms with Crippen LogP contribution in [0.2, 0.25) is 5.02 Å². The summed E-state index contributed by atoms with van der Waals surface area (Å²) in [5.41, 5.74) is 8.53. The molecule has 0 aliphatic heterocycles. The van der Waals surface area contributed by atoms with Gasteiger partial charge in [-0.2, -0.15) is 0 Å². The van der Waals surface area contributed by atoms with Crippen LogP contribution in [0.1, 0.15) is 0 Å². The molecule has 0 aliphatic carbocycles. The van der Waals surface area contributed by atoms with Crippen LogP contribution in [0, 0.1) is 0 Å². The second-order valence-corrected chi connectivity index (χ2v) is 5.70. The maximum Gasteiger partial charge on any atom is 0.0652 e. The van der Waals surface area contributed by atoms with Crippen molar-refractivity contribution < 1.29 is 0 Å². The van der Waals surface area contributed by atoms with Crippen LogP contribution in [-0.2, 0) is 0 Å². The highest BCUT2D eigenvalue weighted by Crippen LogP contribution is 2.33. The summed E-state index contributed by atoms with van der Waals surface area (Å²) in [7, 11) is 0. The minimum Gasteiger partial charge on any atom is -0.397 e. The monoisotopic (exact) mass is 347 g/mol. The lowest BCUT2D eigenvalue weighted by atomic mass is 10.1. The molecular formula is C15H11BrClN3. The first-order valence-corrected chi connectivity index (χ1v) is 7.16. The number of hydrogen-bond acceptors (Lipinski definition) is 3. The summed E-state index contributed by atoms with van der Waals surface area (Å²) in [6.07, 6.45) is 3.52. The van der Waals surface area contributed by atoms with Crippen LogP contribution >= 0.6 is 27.5 Å². The predicted molar refractivity (Wildman–Crippen MR) is 88.6 cm³/mol. The number of hydrogen-bond donors (Lipinski definition) is 2. The minimum absolute atomic E-state index is 0.633. The van der Waals surface area contributed by atoms with Gasteiger partial charge in [0.25, 0.3) is 0 Å². The fraction of sp³-hybridized carbons (Fsp3) is 0. The molecule has 0 fully saturated rings. The topological polar surface area (TPSA) is 50.9 Å². The Balaban J connectivity index is 2.04. The van der Waals surface area contributed by atoms with Crippen LogP contribution in [0.3, 0.4) is 0 Å². The second kappa shape index (κ2) is 5.31. The number of nitrogens with two attached hydrogens (primary N) is 1. The zero-order chi connectivity index (χ0) is 14.1. The van der Waals surface area contributed by atoms with Crippen molar-refractivity contribution in [3.63, 3.8) is 0 Å². The number of halogens is 2. The number of nitrogens with zero attached hydrogens (tertiary/aromatic N) is 1. The predicted octanol–water partition coefficient (Wildman–Crippen LogP) is 4.98. The molecule has 20 heavy (non-hydrogen) atoms. The lowest BCUT2D eigenvalue weighted by Gasteiger charge is -2.13. The van der Waals surface area contributed by atoms with Gasteiger partial charge in [0.15, 0.2) is 0 Å². The summed E-state index contributed by atoms with van der Waals surface area (Å²) >= 11 is 9.59. The van der Waals surface area contributed by atoms with Crippen LogP contribution in [0.25, 0.3) is 10.8 Å². The van der Waals surface area contributed by atoms with E-state index in [-0.39, 0.29) is 0 Å². The number of rotatable bonds is 2. The van der Waals surface area contributed by atoms with E-state index in [0.29, 0.717) is 10.7 Å². The molecule has 1 heterocycles. The maximum absolute atomic E-state index is 6.21. The quantitative estimate of drug-likeness (QED) is 0.642. The number of nitrogen functional groups attached to an aromatic ring is 1. The summed E-state index contributed by atoms with van der Waals surface area (Å²) in [6, 6.07) is 11.5. The molecule has 5 heteroatoms. The maximum atomic E-state index is 6.21. The Morgan fingerprint density at radius 1 is 1.10 bits per heavy atom. The van der Waals surface area contributed by atoms with Crippen molar-refractivity contribution in [1.82, 2.24) is 4.98 Å². The highest BCUT2D eigenvalue weighted by Gasteiger charge is 2.07. The van der Waals surface area contributed by atoms with Crippen molar-refractivity contribution in [2.24, 2.45) is 0 Å². The zero-order valence-electron chi connectivity index (χ0n) is 10.4. The third kappa shape index (κ3) is 2.44. The highest BCUT2D eigenvalue weighted by molar-refractivity contribution is 9.10. The van der Waals surface area contributed by atoms with Crippen molar-refractivity contribution in [1.29, 1.82) is 0 Å². The minimum atomic E-state index is 0.633. The van der Waals surface area contributed by atoms with Gasteiger partial charge in [-0.25, -0.2) is 0 Å². The molecule has 1 aromatic heterocycles. The zero-order valence-corrected chi connectivity index (χ0v) is 12.7. The highest BCUT2D eigenvalue weighted by atomic mass is 79.9. The molecule has 0 bridgehead atoms. The fourth-order valence-corrected chi connectivity index (χ4v) is 2.76. The van der Waals surface area contributed by atoms with Gasteiger partial charge >= 0.3 is 0 Å². The van der Waals surface area contributed by atoms with Gasteiger partial charge in [0.1, 0.15) is 0 Å². The average molecular weight is 349 g/mol. The van der Waals surface area contributed by atoms with Crippen molar-refractivity contribution in [2.75, 3.05) is 11.1 Å². The number of aromatic nitrogens is 1. The molecule has 3 N–H and O–H groups in total. The van der Waals surface area contributed by atoms with Gasteiger partial charge < -0.3 is 11.1 Å². The summed E-state index contributed by atoms with van der Waals surface area (Å²) in [5.74, 6) is 0. The first kappa shape index (κ1) is 13.2. The van der Waals surface area contributed by atoms with Gasteiger partial charge in [-0.3, -0.25) is 4.98 Å². The first-order valence-electron chi connectivity index (χ1n) is 5.99. The van der Waals surface area contributed by atoms with E-state index in [1.165, 1.54) is 0 Å². The molecule has 0 saturated heterocycles. The van der Waals surface area contributed by atoms with Gasteiger partial charge in [-0.15, -0.1) is 0 Å². The van der Waals surface area contributed by atoms with Crippen LogP contribution in [0.5, 0.6) is 0 Å². The number of fused-ring (bicyclic) bond motifs is 1. The van der Waals surface area contributed by atoms with E-state index in [9.17, 15) is 0 Å². The van der Waals surface area contributed by atoms with Gasteiger partial charge in [0.05, 0.1) is 22.1 Å². The molecule has 0 atom stereocenters. The van der Waals surface area contributed by atoms with Gasteiger partial charge in [-0.05, 0) is 30.3 Å². The summed E-state index contributed by atoms with van der Waals surface area (Å²) < 4.78 is 0.936. The Labute approximate surface area is 129 Å². The molecule has 0 amide bonds. The van der Waals surface area contributed by atoms with E-state index in [1.54, 1.807) is 12.4 Å². The molecule has 100 valence electrons. The molecule has 3 nitrogen and oxygen atoms in total. The Kier molecular flexibility index (Phi) is 3.51. The third-order valence-electron chi connectivity index (χ3n) is 3.06. The van der Waals surface area contributed by atoms with Crippen LogP contribution in [0.4, 0.5) is 17.1 Å². The second-order valence-electron chi connectivity index (χ2n) is 4.37. The lowest BCUT2D eigenvalue weighted by molar-refractivity contribution is 1.36. The SMILES string of the molecule is Nc1c(Nc2ccc(Br)cc2Cl)ccc2cnccc12. The summed E-state index contributed by atoms with van der Waals surface area (Å²) in [5, 5.41) is 5.88. The Morgan fingerprint density at radius 2 is 1.90 bits per heavy atom. The molecule has 0 unspecified atom stereocenters. The number of anilines is 3.